The second-order valence-electron chi connectivity index (χ2n) is 4.64. The van der Waals surface area contributed by atoms with Crippen LogP contribution in [0, 0.1) is 5.82 Å². The third-order valence-electron chi connectivity index (χ3n) is 3.23. The third kappa shape index (κ3) is 3.74. The highest BCUT2D eigenvalue weighted by atomic mass is 35.5. The van der Waals surface area contributed by atoms with Crippen molar-refractivity contribution < 1.29 is 9.13 Å². The summed E-state index contributed by atoms with van der Waals surface area (Å²) in [4.78, 5) is 0. The average Bonchev–Trinajstić information content (AvgIpc) is 2.49. The molecule has 2 nitrogen and oxygen atoms in total. The highest BCUT2D eigenvalue weighted by Gasteiger charge is 2.18. The lowest BCUT2D eigenvalue weighted by molar-refractivity contribution is 0.340. The first-order valence-electron chi connectivity index (χ1n) is 7.07. The molecule has 0 saturated carbocycles. The molecule has 2 aromatic carbocycles. The van der Waals surface area contributed by atoms with E-state index in [0.717, 1.165) is 23.4 Å². The van der Waals surface area contributed by atoms with Gasteiger partial charge in [-0.25, -0.2) is 4.39 Å². The van der Waals surface area contributed by atoms with Crippen molar-refractivity contribution in [1.29, 1.82) is 0 Å². The lowest BCUT2D eigenvalue weighted by Crippen LogP contribution is -2.22. The molecule has 0 spiro atoms. The zero-order valence-corrected chi connectivity index (χ0v) is 13.0. The van der Waals surface area contributed by atoms with Crippen molar-refractivity contribution >= 4 is 11.6 Å². The van der Waals surface area contributed by atoms with Gasteiger partial charge < -0.3 is 10.1 Å². The fourth-order valence-corrected chi connectivity index (χ4v) is 2.51. The molecule has 0 amide bonds. The van der Waals surface area contributed by atoms with Gasteiger partial charge in [-0.3, -0.25) is 0 Å². The molecule has 112 valence electrons. The van der Waals surface area contributed by atoms with E-state index in [9.17, 15) is 4.39 Å². The summed E-state index contributed by atoms with van der Waals surface area (Å²) in [5, 5.41) is 3.51. The second-order valence-corrected chi connectivity index (χ2v) is 5.01. The van der Waals surface area contributed by atoms with E-state index in [-0.39, 0.29) is 11.1 Å². The molecule has 2 rings (SSSR count). The van der Waals surface area contributed by atoms with Crippen LogP contribution in [0.25, 0.3) is 0 Å². The van der Waals surface area contributed by atoms with Crippen LogP contribution in [0.15, 0.2) is 42.5 Å². The van der Waals surface area contributed by atoms with E-state index >= 15 is 0 Å². The Balaban J connectivity index is 2.36. The fourth-order valence-electron chi connectivity index (χ4n) is 2.28. The number of nitrogens with one attached hydrogen (secondary N) is 1. The SMILES string of the molecule is CCNC(c1ccc(OCC)cc1)c1cccc(F)c1Cl. The molecule has 21 heavy (non-hydrogen) atoms. The molecule has 0 bridgehead atoms. The maximum atomic E-state index is 13.7. The number of ether oxygens (including phenoxy) is 1. The molecule has 0 aliphatic carbocycles. The number of rotatable bonds is 6. The number of hydrogen-bond donors (Lipinski definition) is 1. The van der Waals surface area contributed by atoms with Crippen LogP contribution in [-0.2, 0) is 0 Å². The first kappa shape index (κ1) is 15.8. The van der Waals surface area contributed by atoms with Gasteiger partial charge in [0.05, 0.1) is 17.7 Å². The van der Waals surface area contributed by atoms with Crippen LogP contribution < -0.4 is 10.1 Å². The van der Waals surface area contributed by atoms with Crippen LogP contribution in [0.2, 0.25) is 5.02 Å². The molecule has 0 aliphatic heterocycles. The molecule has 0 fully saturated rings. The van der Waals surface area contributed by atoms with E-state index in [4.69, 9.17) is 16.3 Å². The molecule has 1 atom stereocenters. The lowest BCUT2D eigenvalue weighted by Gasteiger charge is -2.20. The topological polar surface area (TPSA) is 21.3 Å². The van der Waals surface area contributed by atoms with Crippen molar-refractivity contribution in [3.05, 3.63) is 64.4 Å². The summed E-state index contributed by atoms with van der Waals surface area (Å²) in [6.45, 7) is 5.34. The standard InChI is InChI=1S/C17H19ClFNO/c1-3-20-17(14-6-5-7-15(19)16(14)18)12-8-10-13(11-9-12)21-4-2/h5-11,17,20H,3-4H2,1-2H3. The first-order chi connectivity index (χ1) is 10.2. The van der Waals surface area contributed by atoms with Gasteiger partial charge in [0, 0.05) is 0 Å². The van der Waals surface area contributed by atoms with Gasteiger partial charge in [0.1, 0.15) is 11.6 Å². The van der Waals surface area contributed by atoms with Crippen LogP contribution >= 0.6 is 11.6 Å². The van der Waals surface area contributed by atoms with E-state index in [1.807, 2.05) is 44.2 Å². The van der Waals surface area contributed by atoms with Crippen molar-refractivity contribution in [3.8, 4) is 5.75 Å². The lowest BCUT2D eigenvalue weighted by atomic mass is 9.98. The maximum absolute atomic E-state index is 13.7. The highest BCUT2D eigenvalue weighted by molar-refractivity contribution is 6.31. The molecular weight excluding hydrogens is 289 g/mol. The van der Waals surface area contributed by atoms with Gasteiger partial charge in [0.25, 0.3) is 0 Å². The summed E-state index contributed by atoms with van der Waals surface area (Å²) >= 11 is 6.11. The van der Waals surface area contributed by atoms with Crippen molar-refractivity contribution in [3.63, 3.8) is 0 Å². The van der Waals surface area contributed by atoms with Gasteiger partial charge in [0.15, 0.2) is 0 Å². The van der Waals surface area contributed by atoms with Crippen molar-refractivity contribution in [2.24, 2.45) is 0 Å². The molecule has 0 heterocycles. The Hall–Kier alpha value is -1.58. The van der Waals surface area contributed by atoms with Crippen LogP contribution in [0.1, 0.15) is 31.0 Å². The van der Waals surface area contributed by atoms with Crippen LogP contribution in [0.4, 0.5) is 4.39 Å². The van der Waals surface area contributed by atoms with Crippen LogP contribution in [-0.4, -0.2) is 13.2 Å². The summed E-state index contributed by atoms with van der Waals surface area (Å²) in [7, 11) is 0. The summed E-state index contributed by atoms with van der Waals surface area (Å²) < 4.78 is 19.1. The number of halogens is 2. The minimum absolute atomic E-state index is 0.145. The monoisotopic (exact) mass is 307 g/mol. The summed E-state index contributed by atoms with van der Waals surface area (Å²) in [5.74, 6) is 0.421. The molecule has 4 heteroatoms. The van der Waals surface area contributed by atoms with E-state index in [1.165, 1.54) is 6.07 Å². The van der Waals surface area contributed by atoms with Crippen molar-refractivity contribution in [1.82, 2.24) is 5.32 Å². The Kier molecular flexibility index (Phi) is 5.59. The van der Waals surface area contributed by atoms with Gasteiger partial charge >= 0.3 is 0 Å². The molecule has 0 aromatic heterocycles. The Morgan fingerprint density at radius 1 is 1.14 bits per heavy atom. The quantitative estimate of drug-likeness (QED) is 0.843. The Morgan fingerprint density at radius 2 is 1.86 bits per heavy atom. The highest BCUT2D eigenvalue weighted by Crippen LogP contribution is 2.30. The molecule has 2 aromatic rings. The van der Waals surface area contributed by atoms with Crippen LogP contribution in [0.3, 0.4) is 0 Å². The maximum Gasteiger partial charge on any atom is 0.142 e. The van der Waals surface area contributed by atoms with Gasteiger partial charge in [-0.1, -0.05) is 42.8 Å². The fraction of sp³-hybridized carbons (Fsp3) is 0.294. The minimum atomic E-state index is -0.400. The zero-order chi connectivity index (χ0) is 15.2. The van der Waals surface area contributed by atoms with Crippen LogP contribution in [0.5, 0.6) is 5.75 Å². The Morgan fingerprint density at radius 3 is 2.48 bits per heavy atom. The van der Waals surface area contributed by atoms with Gasteiger partial charge in [0.2, 0.25) is 0 Å². The van der Waals surface area contributed by atoms with Crippen molar-refractivity contribution in [2.45, 2.75) is 19.9 Å². The molecule has 0 aliphatic rings. The Bertz CT molecular complexity index is 586. The predicted octanol–water partition coefficient (Wildman–Crippen LogP) is 4.58. The first-order valence-corrected chi connectivity index (χ1v) is 7.45. The molecule has 0 radical (unpaired) electrons. The largest absolute Gasteiger partial charge is 0.494 e. The van der Waals surface area contributed by atoms with Gasteiger partial charge in [-0.15, -0.1) is 0 Å². The average molecular weight is 308 g/mol. The smallest absolute Gasteiger partial charge is 0.142 e. The van der Waals surface area contributed by atoms with Gasteiger partial charge in [-0.05, 0) is 42.8 Å². The minimum Gasteiger partial charge on any atom is -0.494 e. The molecule has 1 N–H and O–H groups in total. The summed E-state index contributed by atoms with van der Waals surface area (Å²) in [6.07, 6.45) is 0. The second kappa shape index (κ2) is 7.43. The van der Waals surface area contributed by atoms with E-state index in [2.05, 4.69) is 5.32 Å². The number of hydrogen-bond acceptors (Lipinski definition) is 2. The Labute approximate surface area is 129 Å². The zero-order valence-electron chi connectivity index (χ0n) is 12.2. The number of benzene rings is 2. The predicted molar refractivity (Wildman–Crippen MR) is 84.5 cm³/mol. The molecule has 1 unspecified atom stereocenters. The van der Waals surface area contributed by atoms with E-state index in [1.54, 1.807) is 6.07 Å². The van der Waals surface area contributed by atoms with Crippen molar-refractivity contribution in [2.75, 3.05) is 13.2 Å². The van der Waals surface area contributed by atoms with E-state index < -0.39 is 5.82 Å². The van der Waals surface area contributed by atoms with E-state index in [0.29, 0.717) is 6.61 Å². The molecule has 0 saturated heterocycles. The summed E-state index contributed by atoms with van der Waals surface area (Å²) in [6, 6.07) is 12.5. The van der Waals surface area contributed by atoms with Gasteiger partial charge in [-0.2, -0.15) is 0 Å². The third-order valence-corrected chi connectivity index (χ3v) is 3.62. The summed E-state index contributed by atoms with van der Waals surface area (Å²) in [5.41, 5.74) is 1.76. The molecular formula is C17H19ClFNO. The normalized spacial score (nSPS) is 12.2.